The van der Waals surface area contributed by atoms with Gasteiger partial charge in [0.2, 0.25) is 17.7 Å². The van der Waals surface area contributed by atoms with Gasteiger partial charge in [0.25, 0.3) is 0 Å². The van der Waals surface area contributed by atoms with Crippen LogP contribution < -0.4 is 5.32 Å². The molecule has 3 amide bonds. The SMILES string of the molecule is O=C(CN1C(=O)[C@@H]2[C@@H](C1=O)[C@H]1C=C[C@H]2C1)NCCc1ccc(F)c(Br)c1. The predicted octanol–water partition coefficient (Wildman–Crippen LogP) is 2.05. The molecule has 1 aromatic carbocycles. The summed E-state index contributed by atoms with van der Waals surface area (Å²) in [6.45, 7) is 0.129. The Morgan fingerprint density at radius 1 is 1.19 bits per heavy atom. The van der Waals surface area contributed by atoms with Crippen LogP contribution in [0.1, 0.15) is 12.0 Å². The molecular weight excluding hydrogens is 403 g/mol. The molecule has 4 atom stereocenters. The first-order valence-electron chi connectivity index (χ1n) is 8.70. The number of fused-ring (bicyclic) bond motifs is 5. The van der Waals surface area contributed by atoms with Gasteiger partial charge < -0.3 is 5.32 Å². The standard InChI is InChI=1S/C19H18BrFN2O3/c20-13-7-10(1-4-14(13)21)5-6-22-15(24)9-23-18(25)16-11-2-3-12(8-11)17(16)19(23)26/h1-4,7,11-12,16-17H,5-6,8-9H2,(H,22,24)/t11-,12-,16-,17-/m0/s1. The molecule has 5 nitrogen and oxygen atoms in total. The molecule has 1 aliphatic heterocycles. The maximum Gasteiger partial charge on any atom is 0.240 e. The van der Waals surface area contributed by atoms with Crippen molar-refractivity contribution in [2.75, 3.05) is 13.1 Å². The van der Waals surface area contributed by atoms with Crippen molar-refractivity contribution in [2.24, 2.45) is 23.7 Å². The van der Waals surface area contributed by atoms with E-state index in [9.17, 15) is 18.8 Å². The number of carbonyl (C=O) groups is 3. The van der Waals surface area contributed by atoms with Gasteiger partial charge in [-0.25, -0.2) is 4.39 Å². The van der Waals surface area contributed by atoms with Gasteiger partial charge in [0.15, 0.2) is 0 Å². The molecule has 4 rings (SSSR count). The van der Waals surface area contributed by atoms with Gasteiger partial charge in [-0.05, 0) is 58.3 Å². The van der Waals surface area contributed by atoms with E-state index >= 15 is 0 Å². The number of benzene rings is 1. The first-order chi connectivity index (χ1) is 12.5. The van der Waals surface area contributed by atoms with Crippen molar-refractivity contribution in [2.45, 2.75) is 12.8 Å². The van der Waals surface area contributed by atoms with Gasteiger partial charge in [0, 0.05) is 6.54 Å². The van der Waals surface area contributed by atoms with E-state index in [1.807, 2.05) is 12.2 Å². The number of allylic oxidation sites excluding steroid dienone is 2. The van der Waals surface area contributed by atoms with Crippen LogP contribution in [0.25, 0.3) is 0 Å². The number of likely N-dealkylation sites (tertiary alicyclic amines) is 1. The van der Waals surface area contributed by atoms with E-state index < -0.39 is 0 Å². The van der Waals surface area contributed by atoms with Crippen LogP contribution in [-0.2, 0) is 20.8 Å². The van der Waals surface area contributed by atoms with Crippen LogP contribution in [0.2, 0.25) is 0 Å². The van der Waals surface area contributed by atoms with Crippen LogP contribution in [0.15, 0.2) is 34.8 Å². The molecule has 3 aliphatic rings. The first kappa shape index (κ1) is 17.4. The second-order valence-electron chi connectivity index (χ2n) is 7.11. The summed E-state index contributed by atoms with van der Waals surface area (Å²) >= 11 is 3.13. The van der Waals surface area contributed by atoms with Crippen molar-refractivity contribution in [3.8, 4) is 0 Å². The zero-order chi connectivity index (χ0) is 18.4. The fourth-order valence-electron chi connectivity index (χ4n) is 4.36. The number of nitrogens with zero attached hydrogens (tertiary/aromatic N) is 1. The van der Waals surface area contributed by atoms with Gasteiger partial charge in [0.1, 0.15) is 12.4 Å². The molecule has 1 aromatic rings. The maximum atomic E-state index is 13.2. The molecule has 2 bridgehead atoms. The zero-order valence-electron chi connectivity index (χ0n) is 14.0. The summed E-state index contributed by atoms with van der Waals surface area (Å²) < 4.78 is 13.6. The normalized spacial score (nSPS) is 28.8. The van der Waals surface area contributed by atoms with Crippen LogP contribution in [0.3, 0.4) is 0 Å². The van der Waals surface area contributed by atoms with Crippen LogP contribution >= 0.6 is 15.9 Å². The van der Waals surface area contributed by atoms with Gasteiger partial charge in [0.05, 0.1) is 16.3 Å². The second-order valence-corrected chi connectivity index (χ2v) is 7.97. The monoisotopic (exact) mass is 420 g/mol. The van der Waals surface area contributed by atoms with Gasteiger partial charge in [-0.15, -0.1) is 0 Å². The Labute approximate surface area is 158 Å². The lowest BCUT2D eigenvalue weighted by atomic mass is 9.85. The Kier molecular flexibility index (Phi) is 4.42. The highest BCUT2D eigenvalue weighted by atomic mass is 79.9. The summed E-state index contributed by atoms with van der Waals surface area (Å²) in [5.41, 5.74) is 0.879. The molecule has 1 heterocycles. The third-order valence-corrected chi connectivity index (χ3v) is 6.19. The quantitative estimate of drug-likeness (QED) is 0.585. The Morgan fingerprint density at radius 3 is 2.46 bits per heavy atom. The average molecular weight is 421 g/mol. The molecule has 7 heteroatoms. The molecule has 0 spiro atoms. The minimum Gasteiger partial charge on any atom is -0.354 e. The lowest BCUT2D eigenvalue weighted by Gasteiger charge is -2.16. The number of amides is 3. The van der Waals surface area contributed by atoms with Crippen molar-refractivity contribution >= 4 is 33.7 Å². The highest BCUT2D eigenvalue weighted by Gasteiger charge is 2.59. The molecule has 0 radical (unpaired) electrons. The maximum absolute atomic E-state index is 13.2. The number of hydrogen-bond acceptors (Lipinski definition) is 3. The summed E-state index contributed by atoms with van der Waals surface area (Å²) in [6, 6.07) is 4.69. The molecule has 0 aromatic heterocycles. The van der Waals surface area contributed by atoms with Crippen molar-refractivity contribution in [1.82, 2.24) is 10.2 Å². The Hall–Kier alpha value is -2.02. The Bertz CT molecular complexity index is 795. The van der Waals surface area contributed by atoms with Crippen molar-refractivity contribution in [3.05, 3.63) is 46.2 Å². The van der Waals surface area contributed by atoms with Gasteiger partial charge in [-0.3, -0.25) is 19.3 Å². The summed E-state index contributed by atoms with van der Waals surface area (Å²) in [6.07, 6.45) is 5.47. The summed E-state index contributed by atoms with van der Waals surface area (Å²) in [5, 5.41) is 2.73. The van der Waals surface area contributed by atoms with Crippen molar-refractivity contribution in [1.29, 1.82) is 0 Å². The molecule has 26 heavy (non-hydrogen) atoms. The van der Waals surface area contributed by atoms with Crippen molar-refractivity contribution < 1.29 is 18.8 Å². The Morgan fingerprint density at radius 2 is 1.85 bits per heavy atom. The van der Waals surface area contributed by atoms with Gasteiger partial charge in [-0.2, -0.15) is 0 Å². The molecule has 1 saturated heterocycles. The van der Waals surface area contributed by atoms with Crippen LogP contribution in [0, 0.1) is 29.5 Å². The van der Waals surface area contributed by atoms with Crippen LogP contribution in [-0.4, -0.2) is 35.7 Å². The van der Waals surface area contributed by atoms with E-state index in [-0.39, 0.29) is 53.8 Å². The van der Waals surface area contributed by atoms with Crippen molar-refractivity contribution in [3.63, 3.8) is 0 Å². The molecule has 1 saturated carbocycles. The van der Waals surface area contributed by atoms with E-state index in [1.54, 1.807) is 12.1 Å². The fraction of sp³-hybridized carbons (Fsp3) is 0.421. The number of carbonyl (C=O) groups excluding carboxylic acids is 3. The fourth-order valence-corrected chi connectivity index (χ4v) is 4.79. The van der Waals surface area contributed by atoms with E-state index in [1.165, 1.54) is 6.07 Å². The molecule has 136 valence electrons. The van der Waals surface area contributed by atoms with Gasteiger partial charge >= 0.3 is 0 Å². The number of rotatable bonds is 5. The third-order valence-electron chi connectivity index (χ3n) is 5.58. The molecular formula is C19H18BrFN2O3. The number of hydrogen-bond donors (Lipinski definition) is 1. The lowest BCUT2D eigenvalue weighted by molar-refractivity contribution is -0.144. The highest BCUT2D eigenvalue weighted by Crippen LogP contribution is 2.52. The second kappa shape index (κ2) is 6.61. The molecule has 2 aliphatic carbocycles. The first-order valence-corrected chi connectivity index (χ1v) is 9.49. The van der Waals surface area contributed by atoms with E-state index in [0.717, 1.165) is 16.9 Å². The van der Waals surface area contributed by atoms with Crippen LogP contribution in [0.5, 0.6) is 0 Å². The largest absolute Gasteiger partial charge is 0.354 e. The Balaban J connectivity index is 1.31. The minimum atomic E-state index is -0.354. The molecule has 0 unspecified atom stereocenters. The number of nitrogens with one attached hydrogen (secondary N) is 1. The summed E-state index contributed by atoms with van der Waals surface area (Å²) in [5.74, 6) is -1.38. The van der Waals surface area contributed by atoms with Gasteiger partial charge in [-0.1, -0.05) is 18.2 Å². The van der Waals surface area contributed by atoms with E-state index in [4.69, 9.17) is 0 Å². The topological polar surface area (TPSA) is 66.5 Å². The zero-order valence-corrected chi connectivity index (χ0v) is 15.5. The summed E-state index contributed by atoms with van der Waals surface area (Å²) in [7, 11) is 0. The lowest BCUT2D eigenvalue weighted by Crippen LogP contribution is -2.42. The number of imide groups is 1. The predicted molar refractivity (Wildman–Crippen MR) is 95.3 cm³/mol. The average Bonchev–Trinajstić information content (AvgIpc) is 3.28. The third kappa shape index (κ3) is 2.88. The number of halogens is 2. The molecule has 1 N–H and O–H groups in total. The summed E-state index contributed by atoms with van der Waals surface area (Å²) in [4.78, 5) is 38.3. The van der Waals surface area contributed by atoms with E-state index in [0.29, 0.717) is 17.4 Å². The van der Waals surface area contributed by atoms with E-state index in [2.05, 4.69) is 21.2 Å². The van der Waals surface area contributed by atoms with Crippen LogP contribution in [0.4, 0.5) is 4.39 Å². The minimum absolute atomic E-state index is 0.145. The molecule has 2 fully saturated rings. The smallest absolute Gasteiger partial charge is 0.240 e. The highest BCUT2D eigenvalue weighted by molar-refractivity contribution is 9.10.